The summed E-state index contributed by atoms with van der Waals surface area (Å²) in [4.78, 5) is 25.9. The zero-order valence-electron chi connectivity index (χ0n) is 11.0. The maximum atomic E-state index is 12.0. The SMILES string of the molecule is C=C1[C@@H](OCO)[C@H](O)C[C@H]1n1cc(C=CI)c(=O)[nH]c1=O. The van der Waals surface area contributed by atoms with Crippen LogP contribution in [0.2, 0.25) is 0 Å². The number of H-pyrrole nitrogens is 1. The van der Waals surface area contributed by atoms with E-state index in [1.807, 2.05) is 22.6 Å². The number of aromatic nitrogens is 2. The number of ether oxygens (including phenoxy) is 1. The van der Waals surface area contributed by atoms with Crippen molar-refractivity contribution in [2.24, 2.45) is 0 Å². The van der Waals surface area contributed by atoms with E-state index in [0.717, 1.165) is 0 Å². The van der Waals surface area contributed by atoms with Crippen LogP contribution in [0, 0.1) is 0 Å². The van der Waals surface area contributed by atoms with Crippen LogP contribution in [0.15, 0.2) is 32.0 Å². The van der Waals surface area contributed by atoms with Crippen molar-refractivity contribution in [3.63, 3.8) is 0 Å². The molecule has 0 aromatic carbocycles. The number of nitrogens with zero attached hydrogens (tertiary/aromatic N) is 1. The van der Waals surface area contributed by atoms with Crippen LogP contribution >= 0.6 is 22.6 Å². The van der Waals surface area contributed by atoms with E-state index >= 15 is 0 Å². The van der Waals surface area contributed by atoms with Crippen LogP contribution in [-0.4, -0.2) is 38.8 Å². The smallest absolute Gasteiger partial charge is 0.328 e. The molecule has 0 saturated heterocycles. The average molecular weight is 406 g/mol. The van der Waals surface area contributed by atoms with Gasteiger partial charge >= 0.3 is 5.69 Å². The predicted octanol–water partition coefficient (Wildman–Crippen LogP) is 0.139. The molecule has 7 nitrogen and oxygen atoms in total. The monoisotopic (exact) mass is 406 g/mol. The number of rotatable bonds is 4. The van der Waals surface area contributed by atoms with Crippen LogP contribution in [-0.2, 0) is 4.74 Å². The topological polar surface area (TPSA) is 105 Å². The van der Waals surface area contributed by atoms with E-state index in [4.69, 9.17) is 9.84 Å². The summed E-state index contributed by atoms with van der Waals surface area (Å²) in [5.74, 6) is 0. The first-order valence-electron chi connectivity index (χ1n) is 6.21. The fourth-order valence-corrected chi connectivity index (χ4v) is 2.84. The van der Waals surface area contributed by atoms with E-state index in [-0.39, 0.29) is 6.42 Å². The lowest BCUT2D eigenvalue weighted by atomic mass is 10.1. The van der Waals surface area contributed by atoms with Gasteiger partial charge in [-0.1, -0.05) is 29.2 Å². The number of aliphatic hydroxyl groups excluding tert-OH is 2. The molecule has 114 valence electrons. The molecule has 0 aliphatic heterocycles. The van der Waals surface area contributed by atoms with E-state index in [9.17, 15) is 14.7 Å². The second-order valence-corrected chi connectivity index (χ2v) is 5.37. The number of halogens is 1. The maximum absolute atomic E-state index is 12.0. The largest absolute Gasteiger partial charge is 0.390 e. The molecule has 1 aliphatic rings. The van der Waals surface area contributed by atoms with Crippen LogP contribution in [0.3, 0.4) is 0 Å². The summed E-state index contributed by atoms with van der Waals surface area (Å²) in [6.07, 6.45) is 1.63. The molecule has 0 radical (unpaired) electrons. The van der Waals surface area contributed by atoms with Gasteiger partial charge in [-0.05, 0) is 15.7 Å². The Bertz CT molecular complexity index is 678. The third-order valence-electron chi connectivity index (χ3n) is 3.44. The Kier molecular flexibility index (Phi) is 5.14. The lowest BCUT2D eigenvalue weighted by Gasteiger charge is -2.17. The van der Waals surface area contributed by atoms with E-state index in [1.54, 1.807) is 10.2 Å². The molecule has 0 spiro atoms. The highest BCUT2D eigenvalue weighted by Gasteiger charge is 2.38. The highest BCUT2D eigenvalue weighted by molar-refractivity contribution is 14.1. The minimum atomic E-state index is -0.864. The third kappa shape index (κ3) is 3.18. The molecular formula is C13H15IN2O5. The van der Waals surface area contributed by atoms with Gasteiger partial charge in [-0.2, -0.15) is 0 Å². The van der Waals surface area contributed by atoms with E-state index in [1.165, 1.54) is 10.8 Å². The van der Waals surface area contributed by atoms with E-state index in [0.29, 0.717) is 11.1 Å². The van der Waals surface area contributed by atoms with Crippen LogP contribution in [0.5, 0.6) is 0 Å². The molecule has 1 saturated carbocycles. The quantitative estimate of drug-likeness (QED) is 0.375. The van der Waals surface area contributed by atoms with Gasteiger partial charge in [0.1, 0.15) is 12.9 Å². The van der Waals surface area contributed by atoms with Crippen molar-refractivity contribution in [1.82, 2.24) is 9.55 Å². The molecule has 1 aliphatic carbocycles. The Morgan fingerprint density at radius 2 is 2.29 bits per heavy atom. The fourth-order valence-electron chi connectivity index (χ4n) is 2.45. The lowest BCUT2D eigenvalue weighted by molar-refractivity contribution is -0.0721. The molecule has 1 aromatic rings. The van der Waals surface area contributed by atoms with Crippen LogP contribution in [0.1, 0.15) is 18.0 Å². The predicted molar refractivity (Wildman–Crippen MR) is 85.1 cm³/mol. The van der Waals surface area contributed by atoms with Crippen molar-refractivity contribution in [2.45, 2.75) is 24.7 Å². The van der Waals surface area contributed by atoms with Gasteiger partial charge in [0.25, 0.3) is 5.56 Å². The van der Waals surface area contributed by atoms with Gasteiger partial charge in [-0.25, -0.2) is 4.79 Å². The minimum absolute atomic E-state index is 0.225. The summed E-state index contributed by atoms with van der Waals surface area (Å²) in [6, 6.07) is -0.498. The first-order valence-corrected chi connectivity index (χ1v) is 7.45. The minimum Gasteiger partial charge on any atom is -0.390 e. The number of aliphatic hydroxyl groups is 2. The highest BCUT2D eigenvalue weighted by Crippen LogP contribution is 2.35. The Labute approximate surface area is 133 Å². The molecule has 0 unspecified atom stereocenters. The summed E-state index contributed by atoms with van der Waals surface area (Å²) in [6.45, 7) is 3.29. The normalized spacial score (nSPS) is 25.9. The number of aromatic amines is 1. The third-order valence-corrected chi connectivity index (χ3v) is 3.80. The van der Waals surface area contributed by atoms with Crippen molar-refractivity contribution in [1.29, 1.82) is 0 Å². The first-order chi connectivity index (χ1) is 9.99. The summed E-state index contributed by atoms with van der Waals surface area (Å²) >= 11 is 1.97. The van der Waals surface area contributed by atoms with E-state index < -0.39 is 36.3 Å². The van der Waals surface area contributed by atoms with Gasteiger partial charge < -0.3 is 14.9 Å². The van der Waals surface area contributed by atoms with Gasteiger partial charge in [0, 0.05) is 12.6 Å². The summed E-state index contributed by atoms with van der Waals surface area (Å²) < 4.78 is 8.00. The van der Waals surface area contributed by atoms with Gasteiger partial charge in [-0.3, -0.25) is 14.3 Å². The van der Waals surface area contributed by atoms with Crippen LogP contribution in [0.4, 0.5) is 0 Å². The summed E-state index contributed by atoms with van der Waals surface area (Å²) in [5.41, 5.74) is -0.238. The Morgan fingerprint density at radius 1 is 1.57 bits per heavy atom. The summed E-state index contributed by atoms with van der Waals surface area (Å²) in [7, 11) is 0. The average Bonchev–Trinajstić information content (AvgIpc) is 2.70. The van der Waals surface area contributed by atoms with Crippen molar-refractivity contribution >= 4 is 28.7 Å². The Morgan fingerprint density at radius 3 is 2.90 bits per heavy atom. The molecule has 1 fully saturated rings. The fraction of sp³-hybridized carbons (Fsp3) is 0.385. The van der Waals surface area contributed by atoms with Crippen molar-refractivity contribution in [3.8, 4) is 0 Å². The zero-order valence-corrected chi connectivity index (χ0v) is 13.2. The Hall–Kier alpha value is -1.23. The van der Waals surface area contributed by atoms with Crippen LogP contribution < -0.4 is 11.2 Å². The first kappa shape index (κ1) is 16.1. The van der Waals surface area contributed by atoms with Crippen molar-refractivity contribution in [3.05, 3.63) is 48.8 Å². The van der Waals surface area contributed by atoms with Gasteiger partial charge in [0.2, 0.25) is 0 Å². The molecular weight excluding hydrogens is 391 g/mol. The van der Waals surface area contributed by atoms with Crippen molar-refractivity contribution < 1.29 is 14.9 Å². The summed E-state index contributed by atoms with van der Waals surface area (Å²) in [5, 5.41) is 18.8. The van der Waals surface area contributed by atoms with Crippen LogP contribution in [0.25, 0.3) is 6.08 Å². The molecule has 1 heterocycles. The molecule has 3 atom stereocenters. The second-order valence-electron chi connectivity index (χ2n) is 4.65. The molecule has 3 N–H and O–H groups in total. The molecule has 0 amide bonds. The van der Waals surface area contributed by atoms with E-state index in [2.05, 4.69) is 11.6 Å². The van der Waals surface area contributed by atoms with Gasteiger partial charge in [0.05, 0.1) is 17.7 Å². The highest BCUT2D eigenvalue weighted by atomic mass is 127. The number of hydrogen-bond donors (Lipinski definition) is 3. The standard InChI is InChI=1S/C13H15IN2O5/c1-7-9(4-10(18)11(7)21-6-17)16-5-8(2-3-14)12(19)15-13(16)20/h2-3,5,9-11,17-18H,1,4,6H2,(H,15,19,20)/t9-,10-,11-/m1/s1. The number of nitrogens with one attached hydrogen (secondary N) is 1. The van der Waals surface area contributed by atoms with Gasteiger partial charge in [0.15, 0.2) is 0 Å². The van der Waals surface area contributed by atoms with Gasteiger partial charge in [-0.15, -0.1) is 0 Å². The molecule has 0 bridgehead atoms. The lowest BCUT2D eigenvalue weighted by Crippen LogP contribution is -2.33. The maximum Gasteiger partial charge on any atom is 0.328 e. The Balaban J connectivity index is 2.43. The zero-order chi connectivity index (χ0) is 15.6. The molecule has 21 heavy (non-hydrogen) atoms. The molecule has 8 heteroatoms. The van der Waals surface area contributed by atoms with Crippen molar-refractivity contribution in [2.75, 3.05) is 6.79 Å². The second kappa shape index (κ2) is 6.69. The number of hydrogen-bond acceptors (Lipinski definition) is 5. The molecule has 1 aromatic heterocycles. The molecule has 2 rings (SSSR count).